The third kappa shape index (κ3) is 1.93. The molecule has 1 heterocycles. The van der Waals surface area contributed by atoms with Crippen LogP contribution < -0.4 is 5.73 Å². The predicted octanol–water partition coefficient (Wildman–Crippen LogP) is 0.332. The summed E-state index contributed by atoms with van der Waals surface area (Å²) in [5.74, 6) is -0.315. The van der Waals surface area contributed by atoms with Gasteiger partial charge in [-0.3, -0.25) is 4.79 Å². The summed E-state index contributed by atoms with van der Waals surface area (Å²) in [7, 11) is 0. The Hall–Kier alpha value is -1.25. The monoisotopic (exact) mass is 139 g/mol. The van der Waals surface area contributed by atoms with Crippen LogP contribution in [0.2, 0.25) is 0 Å². The summed E-state index contributed by atoms with van der Waals surface area (Å²) in [5.41, 5.74) is 5.89. The first-order valence-corrected chi connectivity index (χ1v) is 3.03. The van der Waals surface area contributed by atoms with E-state index in [4.69, 9.17) is 10.5 Å². The summed E-state index contributed by atoms with van der Waals surface area (Å²) < 4.78 is 4.93. The second-order valence-corrected chi connectivity index (χ2v) is 2.11. The molecule has 1 rings (SSSR count). The molecular formula is C7H9NO2. The van der Waals surface area contributed by atoms with Crippen molar-refractivity contribution in [1.82, 2.24) is 0 Å². The molecule has 54 valence electrons. The molecular weight excluding hydrogens is 130 g/mol. The van der Waals surface area contributed by atoms with Crippen molar-refractivity contribution < 1.29 is 9.53 Å². The highest BCUT2D eigenvalue weighted by Gasteiger charge is 2.02. The SMILES string of the molecule is NC(=O)CC1=CC=COC1. The quantitative estimate of drug-likeness (QED) is 0.599. The van der Waals surface area contributed by atoms with Crippen molar-refractivity contribution in [3.8, 4) is 0 Å². The lowest BCUT2D eigenvalue weighted by molar-refractivity contribution is -0.117. The van der Waals surface area contributed by atoms with Crippen LogP contribution in [0.15, 0.2) is 24.0 Å². The van der Waals surface area contributed by atoms with Crippen LogP contribution in [0.5, 0.6) is 0 Å². The molecule has 10 heavy (non-hydrogen) atoms. The van der Waals surface area contributed by atoms with Crippen molar-refractivity contribution >= 4 is 5.91 Å². The molecule has 0 bridgehead atoms. The molecule has 3 heteroatoms. The Bertz CT molecular complexity index is 194. The molecule has 0 fully saturated rings. The maximum atomic E-state index is 10.4. The first-order valence-electron chi connectivity index (χ1n) is 3.03. The van der Waals surface area contributed by atoms with Crippen LogP contribution in [0.25, 0.3) is 0 Å². The lowest BCUT2D eigenvalue weighted by atomic mass is 10.1. The van der Waals surface area contributed by atoms with Gasteiger partial charge in [-0.2, -0.15) is 0 Å². The lowest BCUT2D eigenvalue weighted by Gasteiger charge is -2.07. The van der Waals surface area contributed by atoms with E-state index >= 15 is 0 Å². The second kappa shape index (κ2) is 3.06. The second-order valence-electron chi connectivity index (χ2n) is 2.11. The number of ether oxygens (including phenoxy) is 1. The van der Waals surface area contributed by atoms with E-state index < -0.39 is 0 Å². The molecule has 0 aromatic heterocycles. The summed E-state index contributed by atoms with van der Waals surface area (Å²) >= 11 is 0. The first kappa shape index (κ1) is 6.86. The minimum atomic E-state index is -0.315. The summed E-state index contributed by atoms with van der Waals surface area (Å²) in [6.45, 7) is 0.486. The number of allylic oxidation sites excluding steroid dienone is 2. The maximum Gasteiger partial charge on any atom is 0.221 e. The molecule has 0 saturated heterocycles. The Labute approximate surface area is 59.2 Å². The fourth-order valence-electron chi connectivity index (χ4n) is 0.768. The molecule has 0 atom stereocenters. The molecule has 1 amide bonds. The van der Waals surface area contributed by atoms with Gasteiger partial charge in [0.15, 0.2) is 0 Å². The summed E-state index contributed by atoms with van der Waals surface area (Å²) in [6, 6.07) is 0. The van der Waals surface area contributed by atoms with E-state index in [-0.39, 0.29) is 5.91 Å². The van der Waals surface area contributed by atoms with Crippen molar-refractivity contribution in [3.05, 3.63) is 24.0 Å². The highest BCUT2D eigenvalue weighted by atomic mass is 16.5. The van der Waals surface area contributed by atoms with Crippen molar-refractivity contribution in [2.75, 3.05) is 6.61 Å². The van der Waals surface area contributed by atoms with Crippen molar-refractivity contribution in [1.29, 1.82) is 0 Å². The minimum Gasteiger partial charge on any atom is -0.497 e. The fourth-order valence-corrected chi connectivity index (χ4v) is 0.768. The van der Waals surface area contributed by atoms with Gasteiger partial charge < -0.3 is 10.5 Å². The van der Waals surface area contributed by atoms with E-state index in [0.29, 0.717) is 13.0 Å². The Kier molecular flexibility index (Phi) is 2.10. The number of carbonyl (C=O) groups excluding carboxylic acids is 1. The molecule has 0 unspecified atom stereocenters. The summed E-state index contributed by atoms with van der Waals surface area (Å²) in [5, 5.41) is 0. The lowest BCUT2D eigenvalue weighted by Crippen LogP contribution is -2.13. The Balaban J connectivity index is 2.47. The van der Waals surface area contributed by atoms with Crippen LogP contribution in [-0.4, -0.2) is 12.5 Å². The smallest absolute Gasteiger partial charge is 0.221 e. The molecule has 2 N–H and O–H groups in total. The molecule has 0 aromatic carbocycles. The molecule has 0 saturated carbocycles. The predicted molar refractivity (Wildman–Crippen MR) is 37.0 cm³/mol. The zero-order valence-electron chi connectivity index (χ0n) is 5.54. The average molecular weight is 139 g/mol. The van der Waals surface area contributed by atoms with E-state index in [0.717, 1.165) is 5.57 Å². The van der Waals surface area contributed by atoms with Gasteiger partial charge in [-0.1, -0.05) is 6.08 Å². The van der Waals surface area contributed by atoms with Crippen molar-refractivity contribution in [2.45, 2.75) is 6.42 Å². The first-order chi connectivity index (χ1) is 4.79. The Morgan fingerprint density at radius 3 is 3.10 bits per heavy atom. The van der Waals surface area contributed by atoms with Gasteiger partial charge in [0.2, 0.25) is 5.91 Å². The van der Waals surface area contributed by atoms with E-state index in [9.17, 15) is 4.79 Å². The number of hydrogen-bond donors (Lipinski definition) is 1. The number of primary amides is 1. The van der Waals surface area contributed by atoms with Gasteiger partial charge in [0, 0.05) is 0 Å². The molecule has 1 aliphatic rings. The molecule has 0 radical (unpaired) electrons. The maximum absolute atomic E-state index is 10.4. The van der Waals surface area contributed by atoms with E-state index in [1.165, 1.54) is 0 Å². The van der Waals surface area contributed by atoms with E-state index in [1.54, 1.807) is 12.3 Å². The summed E-state index contributed by atoms with van der Waals surface area (Å²) in [4.78, 5) is 10.4. The minimum absolute atomic E-state index is 0.296. The van der Waals surface area contributed by atoms with Gasteiger partial charge in [-0.25, -0.2) is 0 Å². The number of hydrogen-bond acceptors (Lipinski definition) is 2. The van der Waals surface area contributed by atoms with Crippen LogP contribution in [-0.2, 0) is 9.53 Å². The molecule has 0 spiro atoms. The van der Waals surface area contributed by atoms with Crippen LogP contribution in [0.1, 0.15) is 6.42 Å². The van der Waals surface area contributed by atoms with Crippen LogP contribution in [0, 0.1) is 0 Å². The number of amides is 1. The van der Waals surface area contributed by atoms with Gasteiger partial charge in [-0.15, -0.1) is 0 Å². The average Bonchev–Trinajstić information content (AvgIpc) is 1.88. The number of carbonyl (C=O) groups is 1. The summed E-state index contributed by atoms with van der Waals surface area (Å²) in [6.07, 6.45) is 5.48. The van der Waals surface area contributed by atoms with Gasteiger partial charge in [-0.05, 0) is 11.6 Å². The standard InChI is InChI=1S/C7H9NO2/c8-7(9)4-6-2-1-3-10-5-6/h1-3H,4-5H2,(H2,8,9). The van der Waals surface area contributed by atoms with Gasteiger partial charge in [0.25, 0.3) is 0 Å². The largest absolute Gasteiger partial charge is 0.497 e. The van der Waals surface area contributed by atoms with Crippen molar-refractivity contribution in [3.63, 3.8) is 0 Å². The van der Waals surface area contributed by atoms with E-state index in [1.807, 2.05) is 6.08 Å². The fraction of sp³-hybridized carbons (Fsp3) is 0.286. The molecule has 0 aliphatic carbocycles. The van der Waals surface area contributed by atoms with Crippen LogP contribution >= 0.6 is 0 Å². The highest BCUT2D eigenvalue weighted by Crippen LogP contribution is 2.06. The Morgan fingerprint density at radius 2 is 2.60 bits per heavy atom. The third-order valence-electron chi connectivity index (χ3n) is 1.18. The van der Waals surface area contributed by atoms with Crippen LogP contribution in [0.4, 0.5) is 0 Å². The number of nitrogens with two attached hydrogens (primary N) is 1. The topological polar surface area (TPSA) is 52.3 Å². The highest BCUT2D eigenvalue weighted by molar-refractivity contribution is 5.76. The molecule has 3 nitrogen and oxygen atoms in total. The zero-order chi connectivity index (χ0) is 7.40. The number of rotatable bonds is 2. The third-order valence-corrected chi connectivity index (χ3v) is 1.18. The Morgan fingerprint density at radius 1 is 1.80 bits per heavy atom. The normalized spacial score (nSPS) is 15.8. The molecule has 1 aliphatic heterocycles. The zero-order valence-corrected chi connectivity index (χ0v) is 5.54. The molecule has 0 aromatic rings. The van der Waals surface area contributed by atoms with Gasteiger partial charge >= 0.3 is 0 Å². The van der Waals surface area contributed by atoms with Gasteiger partial charge in [0.05, 0.1) is 12.7 Å². The van der Waals surface area contributed by atoms with Gasteiger partial charge in [0.1, 0.15) is 6.61 Å². The van der Waals surface area contributed by atoms with Crippen molar-refractivity contribution in [2.24, 2.45) is 5.73 Å². The van der Waals surface area contributed by atoms with E-state index in [2.05, 4.69) is 0 Å². The van der Waals surface area contributed by atoms with Crippen LogP contribution in [0.3, 0.4) is 0 Å².